The van der Waals surface area contributed by atoms with Gasteiger partial charge in [0.15, 0.2) is 5.13 Å². The van der Waals surface area contributed by atoms with Crippen molar-refractivity contribution in [1.29, 1.82) is 0 Å². The van der Waals surface area contributed by atoms with E-state index >= 15 is 0 Å². The predicted molar refractivity (Wildman–Crippen MR) is 72.9 cm³/mol. The standard InChI is InChI=1S/C12H20F3N3S/c1-7(2)18(6-12(13,14)15)11-17-9(4)10(19-11)8(3)16-5/h7-8,16H,6H2,1-5H3. The van der Waals surface area contributed by atoms with Crippen molar-refractivity contribution in [1.82, 2.24) is 10.3 Å². The molecule has 7 heteroatoms. The molecule has 1 rings (SSSR count). The highest BCUT2D eigenvalue weighted by molar-refractivity contribution is 7.15. The van der Waals surface area contributed by atoms with Crippen LogP contribution in [0.2, 0.25) is 0 Å². The van der Waals surface area contributed by atoms with Crippen molar-refractivity contribution < 1.29 is 13.2 Å². The van der Waals surface area contributed by atoms with Gasteiger partial charge < -0.3 is 10.2 Å². The first-order valence-corrected chi connectivity index (χ1v) is 6.95. The third-order valence-electron chi connectivity index (χ3n) is 2.87. The lowest BCUT2D eigenvalue weighted by Crippen LogP contribution is -2.39. The summed E-state index contributed by atoms with van der Waals surface area (Å²) in [5.41, 5.74) is 0.787. The van der Waals surface area contributed by atoms with Crippen molar-refractivity contribution in [3.8, 4) is 0 Å². The van der Waals surface area contributed by atoms with E-state index in [-0.39, 0.29) is 12.1 Å². The average molecular weight is 295 g/mol. The zero-order valence-corrected chi connectivity index (χ0v) is 12.6. The number of halogens is 3. The predicted octanol–water partition coefficient (Wildman–Crippen LogP) is 3.51. The Labute approximate surface area is 115 Å². The van der Waals surface area contributed by atoms with Crippen molar-refractivity contribution in [2.24, 2.45) is 0 Å². The van der Waals surface area contributed by atoms with Crippen LogP contribution in [0.25, 0.3) is 0 Å². The number of nitrogens with zero attached hydrogens (tertiary/aromatic N) is 2. The summed E-state index contributed by atoms with van der Waals surface area (Å²) in [6.45, 7) is 6.31. The van der Waals surface area contributed by atoms with E-state index in [9.17, 15) is 13.2 Å². The summed E-state index contributed by atoms with van der Waals surface area (Å²) in [7, 11) is 1.82. The van der Waals surface area contributed by atoms with E-state index in [1.54, 1.807) is 13.8 Å². The molecular formula is C12H20F3N3S. The normalized spacial score (nSPS) is 13.9. The molecule has 1 heterocycles. The van der Waals surface area contributed by atoms with Gasteiger partial charge in [0.1, 0.15) is 6.54 Å². The highest BCUT2D eigenvalue weighted by atomic mass is 32.1. The maximum atomic E-state index is 12.6. The van der Waals surface area contributed by atoms with E-state index in [4.69, 9.17) is 0 Å². The molecule has 3 nitrogen and oxygen atoms in total. The number of hydrogen-bond acceptors (Lipinski definition) is 4. The molecule has 0 spiro atoms. The van der Waals surface area contributed by atoms with Gasteiger partial charge in [0.2, 0.25) is 0 Å². The number of aromatic nitrogens is 1. The number of nitrogens with one attached hydrogen (secondary N) is 1. The fraction of sp³-hybridized carbons (Fsp3) is 0.750. The highest BCUT2D eigenvalue weighted by Gasteiger charge is 2.33. The summed E-state index contributed by atoms with van der Waals surface area (Å²) in [4.78, 5) is 6.56. The first-order chi connectivity index (χ1) is 8.65. The van der Waals surface area contributed by atoms with Gasteiger partial charge in [-0.1, -0.05) is 11.3 Å². The van der Waals surface area contributed by atoms with E-state index in [2.05, 4.69) is 10.3 Å². The minimum Gasteiger partial charge on any atom is -0.337 e. The molecule has 1 N–H and O–H groups in total. The Hall–Kier alpha value is -0.820. The van der Waals surface area contributed by atoms with Gasteiger partial charge >= 0.3 is 6.18 Å². The first kappa shape index (κ1) is 16.2. The van der Waals surface area contributed by atoms with Crippen LogP contribution in [-0.4, -0.2) is 30.8 Å². The Balaban J connectivity index is 3.04. The van der Waals surface area contributed by atoms with E-state index in [1.807, 2.05) is 20.9 Å². The van der Waals surface area contributed by atoms with Crippen LogP contribution in [0.3, 0.4) is 0 Å². The second-order valence-electron chi connectivity index (χ2n) is 4.79. The van der Waals surface area contributed by atoms with Gasteiger partial charge in [-0.3, -0.25) is 0 Å². The number of thiazole rings is 1. The molecule has 0 amide bonds. The van der Waals surface area contributed by atoms with E-state index in [0.717, 1.165) is 10.6 Å². The lowest BCUT2D eigenvalue weighted by atomic mass is 10.2. The van der Waals surface area contributed by atoms with Crippen molar-refractivity contribution in [3.63, 3.8) is 0 Å². The van der Waals surface area contributed by atoms with Crippen LogP contribution in [0.15, 0.2) is 0 Å². The topological polar surface area (TPSA) is 28.2 Å². The molecule has 0 saturated heterocycles. The molecule has 0 aliphatic carbocycles. The molecule has 0 aliphatic rings. The van der Waals surface area contributed by atoms with Crippen LogP contribution in [0, 0.1) is 6.92 Å². The quantitative estimate of drug-likeness (QED) is 0.901. The molecule has 0 bridgehead atoms. The molecule has 1 atom stereocenters. The van der Waals surface area contributed by atoms with Gasteiger partial charge in [-0.05, 0) is 34.7 Å². The largest absolute Gasteiger partial charge is 0.406 e. The Morgan fingerprint density at radius 2 is 1.89 bits per heavy atom. The van der Waals surface area contributed by atoms with Crippen LogP contribution in [0.4, 0.5) is 18.3 Å². The Morgan fingerprint density at radius 3 is 2.32 bits per heavy atom. The molecule has 1 unspecified atom stereocenters. The number of alkyl halides is 3. The highest BCUT2D eigenvalue weighted by Crippen LogP contribution is 2.33. The smallest absolute Gasteiger partial charge is 0.337 e. The maximum absolute atomic E-state index is 12.6. The third-order valence-corrected chi connectivity index (χ3v) is 4.24. The van der Waals surface area contributed by atoms with Crippen LogP contribution < -0.4 is 10.2 Å². The minimum atomic E-state index is -4.22. The van der Waals surface area contributed by atoms with Gasteiger partial charge in [0.05, 0.1) is 5.69 Å². The van der Waals surface area contributed by atoms with Gasteiger partial charge in [-0.25, -0.2) is 4.98 Å². The lowest BCUT2D eigenvalue weighted by Gasteiger charge is -2.27. The summed E-state index contributed by atoms with van der Waals surface area (Å²) < 4.78 is 37.8. The fourth-order valence-electron chi connectivity index (χ4n) is 1.71. The zero-order chi connectivity index (χ0) is 14.8. The van der Waals surface area contributed by atoms with Crippen LogP contribution >= 0.6 is 11.3 Å². The first-order valence-electron chi connectivity index (χ1n) is 6.13. The van der Waals surface area contributed by atoms with Crippen LogP contribution in [0.1, 0.15) is 37.4 Å². The van der Waals surface area contributed by atoms with Gasteiger partial charge in [0, 0.05) is 17.0 Å². The van der Waals surface area contributed by atoms with Crippen molar-refractivity contribution >= 4 is 16.5 Å². The summed E-state index contributed by atoms with van der Waals surface area (Å²) >= 11 is 1.32. The van der Waals surface area contributed by atoms with Crippen LogP contribution in [-0.2, 0) is 0 Å². The summed E-state index contributed by atoms with van der Waals surface area (Å²) in [5.74, 6) is 0. The molecule has 0 aromatic carbocycles. The fourth-order valence-corrected chi connectivity index (χ4v) is 2.97. The average Bonchev–Trinajstić information content (AvgIpc) is 2.65. The Kier molecular flexibility index (Phi) is 5.20. The van der Waals surface area contributed by atoms with Crippen LogP contribution in [0.5, 0.6) is 0 Å². The van der Waals surface area contributed by atoms with Gasteiger partial charge in [-0.2, -0.15) is 13.2 Å². The summed E-state index contributed by atoms with van der Waals surface area (Å²) in [6.07, 6.45) is -4.22. The molecular weight excluding hydrogens is 275 g/mol. The molecule has 0 fully saturated rings. The molecule has 1 aromatic heterocycles. The molecule has 19 heavy (non-hydrogen) atoms. The second kappa shape index (κ2) is 6.09. The molecule has 0 radical (unpaired) electrons. The molecule has 1 aromatic rings. The summed E-state index contributed by atoms with van der Waals surface area (Å²) in [5, 5.41) is 3.51. The SMILES string of the molecule is CNC(C)c1sc(N(CC(F)(F)F)C(C)C)nc1C. The Bertz CT molecular complexity index is 415. The van der Waals surface area contributed by atoms with E-state index in [1.165, 1.54) is 16.2 Å². The number of rotatable bonds is 5. The Morgan fingerprint density at radius 1 is 1.32 bits per heavy atom. The van der Waals surface area contributed by atoms with E-state index < -0.39 is 12.7 Å². The number of aryl methyl sites for hydroxylation is 1. The molecule has 0 aliphatic heterocycles. The van der Waals surface area contributed by atoms with Gasteiger partial charge in [0.25, 0.3) is 0 Å². The molecule has 0 saturated carbocycles. The van der Waals surface area contributed by atoms with Crippen molar-refractivity contribution in [2.45, 2.75) is 46.0 Å². The molecule has 110 valence electrons. The van der Waals surface area contributed by atoms with E-state index in [0.29, 0.717) is 5.13 Å². The minimum absolute atomic E-state index is 0.0890. The number of hydrogen-bond donors (Lipinski definition) is 1. The second-order valence-corrected chi connectivity index (χ2v) is 5.80. The monoisotopic (exact) mass is 295 g/mol. The number of anilines is 1. The third kappa shape index (κ3) is 4.35. The maximum Gasteiger partial charge on any atom is 0.406 e. The van der Waals surface area contributed by atoms with Crippen molar-refractivity contribution in [2.75, 3.05) is 18.5 Å². The summed E-state index contributed by atoms with van der Waals surface area (Å²) in [6, 6.07) is -0.156. The van der Waals surface area contributed by atoms with Gasteiger partial charge in [-0.15, -0.1) is 0 Å². The lowest BCUT2D eigenvalue weighted by molar-refractivity contribution is -0.120. The zero-order valence-electron chi connectivity index (χ0n) is 11.8. The van der Waals surface area contributed by atoms with Crippen molar-refractivity contribution in [3.05, 3.63) is 10.6 Å².